The van der Waals surface area contributed by atoms with Gasteiger partial charge in [0.15, 0.2) is 0 Å². The molecule has 1 aliphatic rings. The highest BCUT2D eigenvalue weighted by Crippen LogP contribution is 2.30. The molecule has 2 heterocycles. The van der Waals surface area contributed by atoms with Gasteiger partial charge in [-0.1, -0.05) is 12.1 Å². The smallest absolute Gasteiger partial charge is 0.411 e. The predicted molar refractivity (Wildman–Crippen MR) is 101 cm³/mol. The van der Waals surface area contributed by atoms with Crippen molar-refractivity contribution in [1.82, 2.24) is 10.3 Å². The van der Waals surface area contributed by atoms with Gasteiger partial charge in [-0.25, -0.2) is 9.78 Å². The fourth-order valence-electron chi connectivity index (χ4n) is 2.67. The molecule has 1 fully saturated rings. The molecule has 0 radical (unpaired) electrons. The topological polar surface area (TPSA) is 83.5 Å². The minimum absolute atomic E-state index is 0. The molecule has 8 heteroatoms. The number of amides is 1. The number of nitrogens with one attached hydrogen (secondary N) is 2. The molecule has 1 aromatic carbocycles. The maximum atomic E-state index is 12.1. The van der Waals surface area contributed by atoms with Crippen molar-refractivity contribution in [2.45, 2.75) is 19.4 Å². The number of para-hydroxylation sites is 1. The van der Waals surface area contributed by atoms with Crippen molar-refractivity contribution in [3.63, 3.8) is 0 Å². The molecule has 1 aliphatic heterocycles. The first-order valence-electron chi connectivity index (χ1n) is 8.05. The summed E-state index contributed by atoms with van der Waals surface area (Å²) in [4.78, 5) is 16.4. The maximum absolute atomic E-state index is 12.1. The molecule has 1 aromatic heterocycles. The van der Waals surface area contributed by atoms with Crippen molar-refractivity contribution in [1.29, 1.82) is 0 Å². The number of aromatic nitrogens is 1. The number of carbonyl (C=O) groups excluding carboxylic acids is 1. The molecule has 0 atom stereocenters. The van der Waals surface area contributed by atoms with Crippen molar-refractivity contribution in [3.8, 4) is 10.6 Å². The molecule has 2 aromatic rings. The lowest BCUT2D eigenvalue weighted by molar-refractivity contribution is 0.131. The number of ether oxygens (including phenoxy) is 1. The lowest BCUT2D eigenvalue weighted by Gasteiger charge is -2.22. The molecule has 6 nitrogen and oxygen atoms in total. The van der Waals surface area contributed by atoms with E-state index in [0.717, 1.165) is 36.5 Å². The number of carbonyl (C=O) groups is 1. The van der Waals surface area contributed by atoms with Crippen LogP contribution in [0.1, 0.15) is 18.5 Å². The summed E-state index contributed by atoms with van der Waals surface area (Å²) in [6.07, 6.45) is 1.62. The van der Waals surface area contributed by atoms with Gasteiger partial charge in [-0.3, -0.25) is 5.32 Å². The summed E-state index contributed by atoms with van der Waals surface area (Å²) >= 11 is 1.43. The van der Waals surface area contributed by atoms with Crippen LogP contribution in [0, 0.1) is 5.92 Å². The molecule has 0 unspecified atom stereocenters. The van der Waals surface area contributed by atoms with Gasteiger partial charge in [0, 0.05) is 10.9 Å². The average Bonchev–Trinajstić information content (AvgIpc) is 3.10. The van der Waals surface area contributed by atoms with Crippen LogP contribution in [0.5, 0.6) is 0 Å². The van der Waals surface area contributed by atoms with E-state index in [4.69, 9.17) is 9.84 Å². The zero-order valence-corrected chi connectivity index (χ0v) is 15.4. The molecule has 0 bridgehead atoms. The number of aliphatic hydroxyl groups is 1. The number of aliphatic hydroxyl groups excluding tert-OH is 1. The number of thiazole rings is 1. The zero-order chi connectivity index (χ0) is 16.8. The van der Waals surface area contributed by atoms with Crippen LogP contribution in [0.25, 0.3) is 10.6 Å². The normalized spacial score (nSPS) is 14.6. The van der Waals surface area contributed by atoms with E-state index in [1.165, 1.54) is 11.3 Å². The second-order valence-corrected chi connectivity index (χ2v) is 6.62. The lowest BCUT2D eigenvalue weighted by Crippen LogP contribution is -2.31. The van der Waals surface area contributed by atoms with Gasteiger partial charge in [-0.2, -0.15) is 0 Å². The van der Waals surface area contributed by atoms with Crippen LogP contribution in [0.3, 0.4) is 0 Å². The summed E-state index contributed by atoms with van der Waals surface area (Å²) in [5.74, 6) is 0.429. The van der Waals surface area contributed by atoms with E-state index in [2.05, 4.69) is 15.6 Å². The second kappa shape index (κ2) is 9.72. The van der Waals surface area contributed by atoms with Crippen LogP contribution in [0.15, 0.2) is 29.6 Å². The van der Waals surface area contributed by atoms with Crippen LogP contribution in [0.2, 0.25) is 0 Å². The van der Waals surface area contributed by atoms with Gasteiger partial charge in [0.25, 0.3) is 0 Å². The van der Waals surface area contributed by atoms with Crippen molar-refractivity contribution in [2.24, 2.45) is 5.92 Å². The van der Waals surface area contributed by atoms with Crippen molar-refractivity contribution in [3.05, 3.63) is 35.3 Å². The fourth-order valence-corrected chi connectivity index (χ4v) is 3.52. The summed E-state index contributed by atoms with van der Waals surface area (Å²) < 4.78 is 5.37. The fraction of sp³-hybridized carbons (Fsp3) is 0.412. The molecule has 3 rings (SSSR count). The van der Waals surface area contributed by atoms with E-state index >= 15 is 0 Å². The van der Waals surface area contributed by atoms with Gasteiger partial charge >= 0.3 is 6.09 Å². The first-order valence-corrected chi connectivity index (χ1v) is 8.93. The van der Waals surface area contributed by atoms with E-state index < -0.39 is 6.09 Å². The van der Waals surface area contributed by atoms with Crippen molar-refractivity contribution >= 4 is 35.5 Å². The van der Waals surface area contributed by atoms with Crippen LogP contribution in [-0.4, -0.2) is 35.9 Å². The van der Waals surface area contributed by atoms with Crippen LogP contribution in [0.4, 0.5) is 10.5 Å². The van der Waals surface area contributed by atoms with Gasteiger partial charge in [-0.05, 0) is 44.0 Å². The van der Waals surface area contributed by atoms with E-state index in [0.29, 0.717) is 23.9 Å². The average molecular weight is 384 g/mol. The molecule has 0 aliphatic carbocycles. The molecule has 25 heavy (non-hydrogen) atoms. The quantitative estimate of drug-likeness (QED) is 0.738. The second-order valence-electron chi connectivity index (χ2n) is 5.76. The van der Waals surface area contributed by atoms with Gasteiger partial charge < -0.3 is 15.2 Å². The van der Waals surface area contributed by atoms with Crippen LogP contribution >= 0.6 is 23.7 Å². The molecular formula is C17H22ClN3O3S. The number of rotatable bonds is 5. The SMILES string of the molecule is Cl.O=C(Nc1ccccc1-c1nc(CO)cs1)OCC1CCNCC1. The lowest BCUT2D eigenvalue weighted by atomic mass is 9.99. The molecule has 0 saturated carbocycles. The summed E-state index contributed by atoms with van der Waals surface area (Å²) in [6, 6.07) is 7.46. The Balaban J connectivity index is 0.00000225. The highest BCUT2D eigenvalue weighted by Gasteiger charge is 2.16. The maximum Gasteiger partial charge on any atom is 0.411 e. The number of anilines is 1. The third-order valence-corrected chi connectivity index (χ3v) is 4.94. The van der Waals surface area contributed by atoms with E-state index in [1.54, 1.807) is 0 Å². The van der Waals surface area contributed by atoms with E-state index in [-0.39, 0.29) is 19.0 Å². The summed E-state index contributed by atoms with van der Waals surface area (Å²) in [7, 11) is 0. The van der Waals surface area contributed by atoms with Gasteiger partial charge in [0.1, 0.15) is 5.01 Å². The third kappa shape index (κ3) is 5.40. The first-order chi connectivity index (χ1) is 11.8. The third-order valence-electron chi connectivity index (χ3n) is 4.02. The number of hydrogen-bond donors (Lipinski definition) is 3. The van der Waals surface area contributed by atoms with Crippen LogP contribution in [-0.2, 0) is 11.3 Å². The standard InChI is InChI=1S/C17H21N3O3S.ClH/c21-9-13-11-24-16(19-13)14-3-1-2-4-15(14)20-17(22)23-10-12-5-7-18-8-6-12;/h1-4,11-12,18,21H,5-10H2,(H,20,22);1H. The van der Waals surface area contributed by atoms with Crippen molar-refractivity contribution < 1.29 is 14.6 Å². The zero-order valence-electron chi connectivity index (χ0n) is 13.7. The highest BCUT2D eigenvalue weighted by atomic mass is 35.5. The van der Waals surface area contributed by atoms with Gasteiger partial charge in [0.05, 0.1) is 24.6 Å². The number of piperidine rings is 1. The van der Waals surface area contributed by atoms with E-state index in [1.807, 2.05) is 29.6 Å². The summed E-state index contributed by atoms with van der Waals surface area (Å²) in [5, 5.41) is 17.8. The Hall–Kier alpha value is -1.67. The summed E-state index contributed by atoms with van der Waals surface area (Å²) in [6.45, 7) is 2.32. The molecule has 136 valence electrons. The minimum atomic E-state index is -0.445. The number of hydrogen-bond acceptors (Lipinski definition) is 6. The molecular weight excluding hydrogens is 362 g/mol. The predicted octanol–water partition coefficient (Wildman–Crippen LogP) is 3.27. The number of benzene rings is 1. The Morgan fingerprint density at radius 2 is 2.12 bits per heavy atom. The first kappa shape index (κ1) is 19.7. The Morgan fingerprint density at radius 3 is 2.84 bits per heavy atom. The van der Waals surface area contributed by atoms with Gasteiger partial charge in [0.2, 0.25) is 0 Å². The highest BCUT2D eigenvalue weighted by molar-refractivity contribution is 7.13. The Labute approximate surface area is 157 Å². The Bertz CT molecular complexity index is 689. The Morgan fingerprint density at radius 1 is 1.36 bits per heavy atom. The van der Waals surface area contributed by atoms with Gasteiger partial charge in [-0.15, -0.1) is 23.7 Å². The minimum Gasteiger partial charge on any atom is -0.449 e. The number of halogens is 1. The van der Waals surface area contributed by atoms with Crippen molar-refractivity contribution in [2.75, 3.05) is 25.0 Å². The monoisotopic (exact) mass is 383 g/mol. The molecule has 1 saturated heterocycles. The Kier molecular flexibility index (Phi) is 7.64. The number of nitrogens with zero attached hydrogens (tertiary/aromatic N) is 1. The molecule has 3 N–H and O–H groups in total. The molecule has 0 spiro atoms. The van der Waals surface area contributed by atoms with Crippen LogP contribution < -0.4 is 10.6 Å². The molecule has 1 amide bonds. The van der Waals surface area contributed by atoms with E-state index in [9.17, 15) is 4.79 Å². The largest absolute Gasteiger partial charge is 0.449 e. The summed E-state index contributed by atoms with van der Waals surface area (Å²) in [5.41, 5.74) is 2.10.